The van der Waals surface area contributed by atoms with Crippen LogP contribution in [0.1, 0.15) is 10.4 Å². The normalized spacial score (nSPS) is 10.7. The maximum absolute atomic E-state index is 13.3. The molecule has 2 nitrogen and oxygen atoms in total. The summed E-state index contributed by atoms with van der Waals surface area (Å²) in [6, 6.07) is 4.23. The lowest BCUT2D eigenvalue weighted by Crippen LogP contribution is -2.11. The van der Waals surface area contributed by atoms with E-state index in [0.717, 1.165) is 13.6 Å². The third-order valence-electron chi connectivity index (χ3n) is 2.29. The summed E-state index contributed by atoms with van der Waals surface area (Å²) in [6.45, 7) is -0.193. The molecule has 20 heavy (non-hydrogen) atoms. The van der Waals surface area contributed by atoms with E-state index in [0.29, 0.717) is 10.0 Å². The first-order valence-electron chi connectivity index (χ1n) is 5.14. The minimum absolute atomic E-state index is 0.0138. The number of Topliss-reactive ketones (excluding diaryl/α,β-unsaturated/α-hetero) is 1. The summed E-state index contributed by atoms with van der Waals surface area (Å²) in [5.41, 5.74) is 0.521. The highest BCUT2D eigenvalue weighted by atomic mass is 79.9. The predicted molar refractivity (Wildman–Crippen MR) is 88.7 cm³/mol. The Labute approximate surface area is 148 Å². The van der Waals surface area contributed by atoms with Crippen LogP contribution in [0.3, 0.4) is 0 Å². The second kappa shape index (κ2) is 6.87. The zero-order valence-electron chi connectivity index (χ0n) is 9.55. The van der Waals surface area contributed by atoms with Gasteiger partial charge in [-0.1, -0.05) is 11.6 Å². The number of carbonyl (C=O) groups excluding carboxylic acids is 1. The third-order valence-corrected chi connectivity index (χ3v) is 5.54. The van der Waals surface area contributed by atoms with Gasteiger partial charge in [0.2, 0.25) is 5.78 Å². The summed E-state index contributed by atoms with van der Waals surface area (Å²) >= 11 is 16.8. The molecule has 0 bridgehead atoms. The first-order valence-corrected chi connectivity index (χ1v) is 8.71. The molecule has 2 aromatic rings. The summed E-state index contributed by atoms with van der Waals surface area (Å²) in [5.74, 6) is -0.580. The molecule has 0 amide bonds. The molecule has 0 unspecified atom stereocenters. The fourth-order valence-corrected chi connectivity index (χ4v) is 4.98. The van der Waals surface area contributed by atoms with E-state index in [1.807, 2.05) is 0 Å². The Balaban J connectivity index is 2.11. The smallest absolute Gasteiger partial charge is 0.202 e. The van der Waals surface area contributed by atoms with E-state index in [2.05, 4.69) is 47.8 Å². The highest BCUT2D eigenvalue weighted by Crippen LogP contribution is 2.33. The van der Waals surface area contributed by atoms with Gasteiger partial charge in [0.15, 0.2) is 6.61 Å². The third kappa shape index (κ3) is 3.82. The molecule has 106 valence electrons. The number of ketones is 1. The number of hydrogen-bond donors (Lipinski definition) is 0. The van der Waals surface area contributed by atoms with Crippen molar-refractivity contribution in [3.8, 4) is 5.75 Å². The van der Waals surface area contributed by atoms with Crippen molar-refractivity contribution in [1.29, 1.82) is 0 Å². The summed E-state index contributed by atoms with van der Waals surface area (Å²) in [4.78, 5) is 12.0. The van der Waals surface area contributed by atoms with Crippen LogP contribution < -0.4 is 4.74 Å². The summed E-state index contributed by atoms with van der Waals surface area (Å²) in [6.07, 6.45) is 0. The van der Waals surface area contributed by atoms with Crippen molar-refractivity contribution in [2.45, 2.75) is 0 Å². The Morgan fingerprint density at radius 2 is 2.00 bits per heavy atom. The Kier molecular flexibility index (Phi) is 5.64. The van der Waals surface area contributed by atoms with Gasteiger partial charge in [0.25, 0.3) is 0 Å². The molecule has 1 heterocycles. The van der Waals surface area contributed by atoms with Crippen LogP contribution >= 0.6 is 70.7 Å². The first kappa shape index (κ1) is 16.4. The topological polar surface area (TPSA) is 26.3 Å². The van der Waals surface area contributed by atoms with Crippen LogP contribution in [-0.4, -0.2) is 12.4 Å². The number of carbonyl (C=O) groups is 1. The van der Waals surface area contributed by atoms with E-state index < -0.39 is 5.82 Å². The van der Waals surface area contributed by atoms with Crippen molar-refractivity contribution in [3.05, 3.63) is 46.6 Å². The SMILES string of the molecule is O=C(COc1cc(F)c(Cl)cc1Br)c1cc(Br)sc1Br. The summed E-state index contributed by atoms with van der Waals surface area (Å²) < 4.78 is 20.7. The van der Waals surface area contributed by atoms with Gasteiger partial charge in [0.1, 0.15) is 11.6 Å². The molecule has 0 saturated heterocycles. The van der Waals surface area contributed by atoms with Gasteiger partial charge in [-0.25, -0.2) is 4.39 Å². The highest BCUT2D eigenvalue weighted by molar-refractivity contribution is 9.12. The molecule has 0 aliphatic heterocycles. The van der Waals surface area contributed by atoms with E-state index >= 15 is 0 Å². The molecule has 0 aliphatic rings. The Bertz CT molecular complexity index is 675. The average molecular weight is 507 g/mol. The van der Waals surface area contributed by atoms with Gasteiger partial charge in [0, 0.05) is 11.6 Å². The van der Waals surface area contributed by atoms with E-state index in [4.69, 9.17) is 16.3 Å². The number of halogens is 5. The molecular formula is C12H5Br3ClFO2S. The van der Waals surface area contributed by atoms with Crippen molar-refractivity contribution >= 4 is 76.5 Å². The van der Waals surface area contributed by atoms with Gasteiger partial charge in [0.05, 0.1) is 17.1 Å². The van der Waals surface area contributed by atoms with Crippen molar-refractivity contribution in [1.82, 2.24) is 0 Å². The molecule has 0 radical (unpaired) electrons. The number of rotatable bonds is 4. The fourth-order valence-electron chi connectivity index (χ4n) is 1.37. The van der Waals surface area contributed by atoms with Crippen LogP contribution in [-0.2, 0) is 0 Å². The maximum Gasteiger partial charge on any atom is 0.202 e. The van der Waals surface area contributed by atoms with Crippen molar-refractivity contribution in [3.63, 3.8) is 0 Å². The van der Waals surface area contributed by atoms with Crippen LogP contribution in [0, 0.1) is 5.82 Å². The molecule has 0 fully saturated rings. The number of benzene rings is 1. The molecule has 1 aromatic carbocycles. The molecule has 8 heteroatoms. The van der Waals surface area contributed by atoms with Gasteiger partial charge in [-0.05, 0) is 59.9 Å². The number of ether oxygens (including phenoxy) is 1. The lowest BCUT2D eigenvalue weighted by Gasteiger charge is -2.08. The summed E-state index contributed by atoms with van der Waals surface area (Å²) in [7, 11) is 0. The first-order chi connectivity index (χ1) is 9.38. The largest absolute Gasteiger partial charge is 0.484 e. The van der Waals surface area contributed by atoms with Gasteiger partial charge in [-0.3, -0.25) is 4.79 Å². The Morgan fingerprint density at radius 3 is 2.60 bits per heavy atom. The van der Waals surface area contributed by atoms with E-state index in [9.17, 15) is 9.18 Å². The second-order valence-electron chi connectivity index (χ2n) is 3.65. The van der Waals surface area contributed by atoms with Crippen LogP contribution in [0.5, 0.6) is 5.75 Å². The molecule has 0 aliphatic carbocycles. The standard InChI is InChI=1S/C12H5Br3ClFO2S/c13-6-2-7(16)8(17)3-10(6)19-4-9(18)5-1-11(14)20-12(5)15/h1-3H,4H2. The quantitative estimate of drug-likeness (QED) is 0.370. The number of thiophene rings is 1. The zero-order chi connectivity index (χ0) is 14.9. The van der Waals surface area contributed by atoms with E-state index in [-0.39, 0.29) is 23.2 Å². The lowest BCUT2D eigenvalue weighted by atomic mass is 10.2. The minimum Gasteiger partial charge on any atom is -0.484 e. The monoisotopic (exact) mass is 504 g/mol. The van der Waals surface area contributed by atoms with E-state index in [1.54, 1.807) is 6.07 Å². The molecule has 0 saturated carbocycles. The molecule has 0 N–H and O–H groups in total. The molecule has 0 atom stereocenters. The average Bonchev–Trinajstić information content (AvgIpc) is 2.71. The van der Waals surface area contributed by atoms with Gasteiger partial charge >= 0.3 is 0 Å². The second-order valence-corrected chi connectivity index (χ2v) is 8.66. The van der Waals surface area contributed by atoms with Crippen LogP contribution in [0.2, 0.25) is 5.02 Å². The van der Waals surface area contributed by atoms with Gasteiger partial charge in [-0.15, -0.1) is 11.3 Å². The van der Waals surface area contributed by atoms with Gasteiger partial charge < -0.3 is 4.74 Å². The van der Waals surface area contributed by atoms with Crippen molar-refractivity contribution < 1.29 is 13.9 Å². The van der Waals surface area contributed by atoms with Crippen LogP contribution in [0.15, 0.2) is 30.2 Å². The molecular weight excluding hydrogens is 502 g/mol. The minimum atomic E-state index is -0.600. The highest BCUT2D eigenvalue weighted by Gasteiger charge is 2.15. The zero-order valence-corrected chi connectivity index (χ0v) is 15.9. The molecule has 0 spiro atoms. The van der Waals surface area contributed by atoms with Crippen LogP contribution in [0.25, 0.3) is 0 Å². The summed E-state index contributed by atoms with van der Waals surface area (Å²) in [5, 5.41) is -0.0138. The maximum atomic E-state index is 13.3. The number of hydrogen-bond acceptors (Lipinski definition) is 3. The van der Waals surface area contributed by atoms with Crippen molar-refractivity contribution in [2.24, 2.45) is 0 Å². The Hall–Kier alpha value is 0.0500. The van der Waals surface area contributed by atoms with Crippen LogP contribution in [0.4, 0.5) is 4.39 Å². The lowest BCUT2D eigenvalue weighted by molar-refractivity contribution is 0.0920. The van der Waals surface area contributed by atoms with Crippen molar-refractivity contribution in [2.75, 3.05) is 6.61 Å². The Morgan fingerprint density at radius 1 is 1.30 bits per heavy atom. The fraction of sp³-hybridized carbons (Fsp3) is 0.0833. The molecule has 1 aromatic heterocycles. The van der Waals surface area contributed by atoms with E-state index in [1.165, 1.54) is 17.4 Å². The van der Waals surface area contributed by atoms with Gasteiger partial charge in [-0.2, -0.15) is 0 Å². The molecule has 2 rings (SSSR count). The predicted octanol–water partition coefficient (Wildman–Crippen LogP) is 6.09.